The summed E-state index contributed by atoms with van der Waals surface area (Å²) in [6.07, 6.45) is 13.6. The molecule has 35 heavy (non-hydrogen) atoms. The standard InChI is InChI=1S/C31H32N4/c1-21-20-35(17-15-31(21)14-12-23-4-2-3-5-27(23)31)26-11-10-25(18-26)22-6-8-24(9-7-22)30-33-28-13-16-32-19-29(28)34-30/h2-9,12-14,16,19,21,25-26H,10-11,15,17-18,20H2,1H3,(H,33,34)/t21-,25?,26?,31?/m0/s1. The lowest BCUT2D eigenvalue weighted by Gasteiger charge is -2.46. The van der Waals surface area contributed by atoms with Gasteiger partial charge in [0, 0.05) is 29.8 Å². The number of pyridine rings is 1. The van der Waals surface area contributed by atoms with E-state index >= 15 is 0 Å². The van der Waals surface area contributed by atoms with Gasteiger partial charge in [-0.3, -0.25) is 4.98 Å². The lowest BCUT2D eigenvalue weighted by atomic mass is 9.68. The fraction of sp³-hybridized carbons (Fsp3) is 0.355. The minimum Gasteiger partial charge on any atom is -0.338 e. The summed E-state index contributed by atoms with van der Waals surface area (Å²) >= 11 is 0. The van der Waals surface area contributed by atoms with E-state index in [2.05, 4.69) is 82.5 Å². The molecule has 2 aromatic carbocycles. The second-order valence-electron chi connectivity index (χ2n) is 10.9. The number of piperidine rings is 1. The largest absolute Gasteiger partial charge is 0.338 e. The fourth-order valence-corrected chi connectivity index (χ4v) is 7.05. The Hall–Kier alpha value is -3.24. The number of fused-ring (bicyclic) bond motifs is 3. The molecule has 176 valence electrons. The van der Waals surface area contributed by atoms with Crippen LogP contribution >= 0.6 is 0 Å². The number of likely N-dealkylation sites (tertiary alicyclic amines) is 1. The van der Waals surface area contributed by atoms with Crippen LogP contribution in [0.5, 0.6) is 0 Å². The van der Waals surface area contributed by atoms with Gasteiger partial charge < -0.3 is 9.88 Å². The molecule has 2 fully saturated rings. The lowest BCUT2D eigenvalue weighted by Crippen LogP contribution is -2.50. The van der Waals surface area contributed by atoms with Crippen molar-refractivity contribution in [2.45, 2.75) is 50.0 Å². The van der Waals surface area contributed by atoms with Crippen LogP contribution < -0.4 is 0 Å². The predicted molar refractivity (Wildman–Crippen MR) is 142 cm³/mol. The molecule has 4 heteroatoms. The van der Waals surface area contributed by atoms with Crippen molar-refractivity contribution in [3.8, 4) is 11.4 Å². The zero-order chi connectivity index (χ0) is 23.4. The van der Waals surface area contributed by atoms with Crippen LogP contribution in [-0.2, 0) is 5.41 Å². The quantitative estimate of drug-likeness (QED) is 0.376. The number of nitrogens with one attached hydrogen (secondary N) is 1. The monoisotopic (exact) mass is 460 g/mol. The third kappa shape index (κ3) is 3.46. The number of aromatic nitrogens is 3. The van der Waals surface area contributed by atoms with E-state index in [-0.39, 0.29) is 5.41 Å². The molecule has 4 aromatic rings. The van der Waals surface area contributed by atoms with Gasteiger partial charge in [0.25, 0.3) is 0 Å². The Balaban J connectivity index is 1.03. The van der Waals surface area contributed by atoms with E-state index in [0.717, 1.165) is 22.4 Å². The maximum atomic E-state index is 4.71. The summed E-state index contributed by atoms with van der Waals surface area (Å²) in [6.45, 7) is 4.88. The molecule has 2 aromatic heterocycles. The van der Waals surface area contributed by atoms with Crippen molar-refractivity contribution in [1.82, 2.24) is 19.9 Å². The Morgan fingerprint density at radius 1 is 1.03 bits per heavy atom. The molecule has 7 rings (SSSR count). The molecule has 4 nitrogen and oxygen atoms in total. The maximum Gasteiger partial charge on any atom is 0.138 e. The van der Waals surface area contributed by atoms with E-state index < -0.39 is 0 Å². The second-order valence-corrected chi connectivity index (χ2v) is 10.9. The Labute approximate surface area is 207 Å². The van der Waals surface area contributed by atoms with Gasteiger partial charge in [-0.25, -0.2) is 4.98 Å². The van der Waals surface area contributed by atoms with Crippen LogP contribution in [0.4, 0.5) is 0 Å². The van der Waals surface area contributed by atoms with E-state index in [0.29, 0.717) is 17.9 Å². The van der Waals surface area contributed by atoms with Crippen molar-refractivity contribution in [3.63, 3.8) is 0 Å². The van der Waals surface area contributed by atoms with Crippen LogP contribution in [0.15, 0.2) is 73.1 Å². The molecule has 2 aliphatic carbocycles. The summed E-state index contributed by atoms with van der Waals surface area (Å²) in [5.41, 5.74) is 7.79. The second kappa shape index (κ2) is 8.17. The van der Waals surface area contributed by atoms with Gasteiger partial charge in [-0.1, -0.05) is 67.6 Å². The molecule has 0 radical (unpaired) electrons. The number of benzene rings is 2. The smallest absolute Gasteiger partial charge is 0.138 e. The maximum absolute atomic E-state index is 4.71. The number of rotatable bonds is 3. The van der Waals surface area contributed by atoms with Crippen molar-refractivity contribution < 1.29 is 0 Å². The number of aromatic amines is 1. The van der Waals surface area contributed by atoms with Crippen LogP contribution in [-0.4, -0.2) is 39.0 Å². The molecule has 4 atom stereocenters. The molecule has 1 aliphatic heterocycles. The van der Waals surface area contributed by atoms with Crippen LogP contribution in [0.2, 0.25) is 0 Å². The molecule has 0 bridgehead atoms. The van der Waals surface area contributed by atoms with Gasteiger partial charge in [0.15, 0.2) is 0 Å². The average Bonchev–Trinajstić information content (AvgIpc) is 3.64. The highest BCUT2D eigenvalue weighted by Crippen LogP contribution is 2.48. The first-order valence-electron chi connectivity index (χ1n) is 13.1. The summed E-state index contributed by atoms with van der Waals surface area (Å²) in [7, 11) is 0. The first kappa shape index (κ1) is 21.1. The van der Waals surface area contributed by atoms with Gasteiger partial charge in [-0.15, -0.1) is 0 Å². The van der Waals surface area contributed by atoms with E-state index in [4.69, 9.17) is 4.98 Å². The van der Waals surface area contributed by atoms with Crippen molar-refractivity contribution in [3.05, 3.63) is 89.8 Å². The molecule has 1 N–H and O–H groups in total. The Kier molecular flexibility index (Phi) is 4.92. The van der Waals surface area contributed by atoms with Crippen LogP contribution in [0.3, 0.4) is 0 Å². The van der Waals surface area contributed by atoms with E-state index in [1.165, 1.54) is 49.9 Å². The summed E-state index contributed by atoms with van der Waals surface area (Å²) < 4.78 is 0. The third-order valence-corrected chi connectivity index (χ3v) is 9.09. The molecule has 3 unspecified atom stereocenters. The van der Waals surface area contributed by atoms with Gasteiger partial charge in [0.05, 0.1) is 11.7 Å². The highest BCUT2D eigenvalue weighted by atomic mass is 15.2. The third-order valence-electron chi connectivity index (χ3n) is 9.09. The number of imidazole rings is 1. The molecule has 1 saturated carbocycles. The first-order chi connectivity index (χ1) is 17.2. The van der Waals surface area contributed by atoms with Crippen molar-refractivity contribution >= 4 is 17.1 Å². The van der Waals surface area contributed by atoms with E-state index in [1.807, 2.05) is 12.3 Å². The fourth-order valence-electron chi connectivity index (χ4n) is 7.05. The number of H-pyrrole nitrogens is 1. The Morgan fingerprint density at radius 3 is 2.77 bits per heavy atom. The molecular weight excluding hydrogens is 428 g/mol. The zero-order valence-electron chi connectivity index (χ0n) is 20.3. The molecule has 1 spiro atoms. The molecule has 0 amide bonds. The zero-order valence-corrected chi connectivity index (χ0v) is 20.3. The van der Waals surface area contributed by atoms with Gasteiger partial charge >= 0.3 is 0 Å². The summed E-state index contributed by atoms with van der Waals surface area (Å²) in [6, 6.07) is 20.8. The highest BCUT2D eigenvalue weighted by Gasteiger charge is 2.45. The SMILES string of the molecule is C[C@H]1CN(C2CCC(c3ccc(-c4nc5cnccc5[nH]4)cc3)C2)CCC12C=Cc1ccccc12. The van der Waals surface area contributed by atoms with Crippen molar-refractivity contribution in [2.24, 2.45) is 5.92 Å². The van der Waals surface area contributed by atoms with Crippen molar-refractivity contribution in [1.29, 1.82) is 0 Å². The van der Waals surface area contributed by atoms with Gasteiger partial charge in [0.2, 0.25) is 0 Å². The minimum absolute atomic E-state index is 0.244. The number of allylic oxidation sites excluding steroid dienone is 1. The van der Waals surface area contributed by atoms with E-state index in [9.17, 15) is 0 Å². The number of hydrogen-bond donors (Lipinski definition) is 1. The Morgan fingerprint density at radius 2 is 1.91 bits per heavy atom. The summed E-state index contributed by atoms with van der Waals surface area (Å²) in [5.74, 6) is 2.23. The van der Waals surface area contributed by atoms with Crippen LogP contribution in [0.1, 0.15) is 55.2 Å². The molecule has 3 aliphatic rings. The predicted octanol–water partition coefficient (Wildman–Crippen LogP) is 6.57. The first-order valence-corrected chi connectivity index (χ1v) is 13.1. The normalized spacial score (nSPS) is 28.2. The van der Waals surface area contributed by atoms with Gasteiger partial charge in [-0.2, -0.15) is 0 Å². The van der Waals surface area contributed by atoms with Gasteiger partial charge in [0.1, 0.15) is 11.3 Å². The lowest BCUT2D eigenvalue weighted by molar-refractivity contribution is 0.0898. The number of nitrogens with zero attached hydrogens (tertiary/aromatic N) is 3. The van der Waals surface area contributed by atoms with Crippen LogP contribution in [0.25, 0.3) is 28.5 Å². The average molecular weight is 461 g/mol. The highest BCUT2D eigenvalue weighted by molar-refractivity contribution is 5.78. The van der Waals surface area contributed by atoms with Gasteiger partial charge in [-0.05, 0) is 66.8 Å². The minimum atomic E-state index is 0.244. The molecule has 1 saturated heterocycles. The molecular formula is C31H32N4. The summed E-state index contributed by atoms with van der Waals surface area (Å²) in [4.78, 5) is 15.1. The topological polar surface area (TPSA) is 44.8 Å². The molecule has 3 heterocycles. The number of hydrogen-bond acceptors (Lipinski definition) is 3. The van der Waals surface area contributed by atoms with E-state index in [1.54, 1.807) is 11.8 Å². The Bertz CT molecular complexity index is 1370. The summed E-state index contributed by atoms with van der Waals surface area (Å²) in [5, 5.41) is 0. The van der Waals surface area contributed by atoms with Crippen LogP contribution in [0, 0.1) is 5.92 Å². The van der Waals surface area contributed by atoms with Crippen molar-refractivity contribution in [2.75, 3.05) is 13.1 Å².